The molecule has 1 N–H and O–H groups in total. The number of hydrogen-bond donors (Lipinski definition) is 1. The van der Waals surface area contributed by atoms with Crippen LogP contribution in [0.4, 0.5) is 0 Å². The van der Waals surface area contributed by atoms with Crippen molar-refractivity contribution in [3.8, 4) is 0 Å². The van der Waals surface area contributed by atoms with Crippen LogP contribution >= 0.6 is 11.3 Å². The molecule has 0 aromatic carbocycles. The Kier molecular flexibility index (Phi) is 1.91. The van der Waals surface area contributed by atoms with Crippen molar-refractivity contribution in [2.75, 3.05) is 0 Å². The van der Waals surface area contributed by atoms with Crippen molar-refractivity contribution in [3.63, 3.8) is 0 Å². The summed E-state index contributed by atoms with van der Waals surface area (Å²) >= 11 is 1.62. The van der Waals surface area contributed by atoms with Crippen LogP contribution in [0.1, 0.15) is 36.3 Å². The first-order valence-electron chi connectivity index (χ1n) is 5.35. The van der Waals surface area contributed by atoms with Gasteiger partial charge in [0.15, 0.2) is 4.96 Å². The highest BCUT2D eigenvalue weighted by molar-refractivity contribution is 7.17. The smallest absolute Gasteiger partial charge is 0.194 e. The van der Waals surface area contributed by atoms with Gasteiger partial charge in [0, 0.05) is 12.4 Å². The normalized spacial score (nSPS) is 20.1. The summed E-state index contributed by atoms with van der Waals surface area (Å²) in [5.41, 5.74) is 0.463. The Balaban J connectivity index is 2.07. The molecule has 0 radical (unpaired) electrons. The van der Waals surface area contributed by atoms with E-state index in [1.807, 2.05) is 23.7 Å². The summed E-state index contributed by atoms with van der Waals surface area (Å²) in [4.78, 5) is 6.47. The van der Waals surface area contributed by atoms with E-state index in [1.54, 1.807) is 11.3 Å². The monoisotopic (exact) mass is 222 g/mol. The maximum atomic E-state index is 10.4. The fraction of sp³-hybridized carbons (Fsp3) is 0.545. The molecule has 1 fully saturated rings. The Morgan fingerprint density at radius 2 is 2.13 bits per heavy atom. The first-order valence-corrected chi connectivity index (χ1v) is 6.17. The second kappa shape index (κ2) is 3.06. The van der Waals surface area contributed by atoms with Crippen LogP contribution in [0.25, 0.3) is 4.96 Å². The van der Waals surface area contributed by atoms with Crippen LogP contribution < -0.4 is 0 Å². The molecule has 0 saturated heterocycles. The largest absolute Gasteiger partial charge is 0.384 e. The Morgan fingerprint density at radius 1 is 1.40 bits per heavy atom. The predicted octanol–water partition coefficient (Wildman–Crippen LogP) is 2.47. The van der Waals surface area contributed by atoms with Gasteiger partial charge in [0.25, 0.3) is 0 Å². The highest BCUT2D eigenvalue weighted by Gasteiger charge is 2.34. The Morgan fingerprint density at radius 3 is 2.80 bits per heavy atom. The first-order chi connectivity index (χ1) is 7.17. The summed E-state index contributed by atoms with van der Waals surface area (Å²) in [6.07, 6.45) is 8.11. The quantitative estimate of drug-likeness (QED) is 0.804. The molecule has 2 aromatic heterocycles. The molecule has 15 heavy (non-hydrogen) atoms. The van der Waals surface area contributed by atoms with Crippen LogP contribution in [0.15, 0.2) is 12.4 Å². The van der Waals surface area contributed by atoms with Gasteiger partial charge in [-0.1, -0.05) is 24.2 Å². The van der Waals surface area contributed by atoms with E-state index in [0.717, 1.165) is 41.2 Å². The number of nitrogens with zero attached hydrogens (tertiary/aromatic N) is 2. The van der Waals surface area contributed by atoms with Crippen LogP contribution in [-0.4, -0.2) is 14.5 Å². The van der Waals surface area contributed by atoms with Crippen LogP contribution in [0.5, 0.6) is 0 Å². The third-order valence-corrected chi connectivity index (χ3v) is 4.36. The van der Waals surface area contributed by atoms with E-state index in [9.17, 15) is 5.11 Å². The minimum atomic E-state index is -0.570. The topological polar surface area (TPSA) is 37.5 Å². The van der Waals surface area contributed by atoms with Crippen molar-refractivity contribution in [2.24, 2.45) is 0 Å². The Bertz CT molecular complexity index is 462. The van der Waals surface area contributed by atoms with Gasteiger partial charge in [-0.2, -0.15) is 0 Å². The van der Waals surface area contributed by atoms with Crippen molar-refractivity contribution in [1.29, 1.82) is 0 Å². The number of aromatic nitrogens is 2. The zero-order valence-corrected chi connectivity index (χ0v) is 9.55. The minimum absolute atomic E-state index is 0.570. The second-order valence-electron chi connectivity index (χ2n) is 4.41. The number of fused-ring (bicyclic) bond motifs is 1. The van der Waals surface area contributed by atoms with Gasteiger partial charge in [-0.05, 0) is 19.8 Å². The van der Waals surface area contributed by atoms with E-state index in [1.165, 1.54) is 0 Å². The molecule has 0 bridgehead atoms. The summed E-state index contributed by atoms with van der Waals surface area (Å²) in [6, 6.07) is 0. The van der Waals surface area contributed by atoms with E-state index in [-0.39, 0.29) is 0 Å². The number of rotatable bonds is 1. The highest BCUT2D eigenvalue weighted by Crippen LogP contribution is 2.41. The van der Waals surface area contributed by atoms with Crippen molar-refractivity contribution < 1.29 is 5.11 Å². The molecule has 0 amide bonds. The molecule has 1 aliphatic carbocycles. The highest BCUT2D eigenvalue weighted by atomic mass is 32.1. The van der Waals surface area contributed by atoms with Gasteiger partial charge in [-0.3, -0.25) is 4.40 Å². The molecular weight excluding hydrogens is 208 g/mol. The summed E-state index contributed by atoms with van der Waals surface area (Å²) in [6.45, 7) is 1.99. The average Bonchev–Trinajstić information content (AvgIpc) is 2.79. The van der Waals surface area contributed by atoms with Gasteiger partial charge < -0.3 is 5.11 Å². The molecular formula is C11H14N2OS. The lowest BCUT2D eigenvalue weighted by atomic mass is 10.0. The molecule has 0 atom stereocenters. The van der Waals surface area contributed by atoms with Gasteiger partial charge in [-0.15, -0.1) is 0 Å². The van der Waals surface area contributed by atoms with E-state index >= 15 is 0 Å². The van der Waals surface area contributed by atoms with E-state index < -0.39 is 5.60 Å². The Labute approximate surface area is 92.4 Å². The third kappa shape index (κ3) is 1.40. The summed E-state index contributed by atoms with van der Waals surface area (Å²) in [5.74, 6) is 0. The van der Waals surface area contributed by atoms with Crippen molar-refractivity contribution in [3.05, 3.63) is 23.0 Å². The molecule has 0 aliphatic heterocycles. The van der Waals surface area contributed by atoms with Crippen molar-refractivity contribution in [2.45, 2.75) is 38.2 Å². The van der Waals surface area contributed by atoms with E-state index in [4.69, 9.17) is 0 Å². The van der Waals surface area contributed by atoms with Gasteiger partial charge in [0.2, 0.25) is 0 Å². The maximum Gasteiger partial charge on any atom is 0.194 e. The zero-order valence-electron chi connectivity index (χ0n) is 8.73. The van der Waals surface area contributed by atoms with Crippen LogP contribution in [0.3, 0.4) is 0 Å². The molecule has 4 heteroatoms. The average molecular weight is 222 g/mol. The number of aliphatic hydroxyl groups is 1. The molecule has 80 valence electrons. The third-order valence-electron chi connectivity index (χ3n) is 3.17. The summed E-state index contributed by atoms with van der Waals surface area (Å²) in [5, 5.41) is 10.4. The zero-order chi connectivity index (χ0) is 10.5. The molecule has 0 spiro atoms. The second-order valence-corrected chi connectivity index (χ2v) is 5.42. The lowest BCUT2D eigenvalue weighted by Crippen LogP contribution is -2.19. The number of hydrogen-bond acceptors (Lipinski definition) is 3. The molecule has 2 aromatic rings. The van der Waals surface area contributed by atoms with Gasteiger partial charge in [0.05, 0.1) is 10.6 Å². The summed E-state index contributed by atoms with van der Waals surface area (Å²) < 4.78 is 2.02. The maximum absolute atomic E-state index is 10.4. The number of thiazole rings is 1. The molecule has 3 nitrogen and oxygen atoms in total. The number of imidazole rings is 1. The fourth-order valence-corrected chi connectivity index (χ4v) is 3.49. The van der Waals surface area contributed by atoms with Gasteiger partial charge >= 0.3 is 0 Å². The first kappa shape index (κ1) is 9.36. The molecule has 1 saturated carbocycles. The van der Waals surface area contributed by atoms with Gasteiger partial charge in [0.1, 0.15) is 5.60 Å². The minimum Gasteiger partial charge on any atom is -0.384 e. The standard InChI is InChI=1S/C11H14N2OS/c1-8-6-13-7-9(15-10(13)12-8)11(14)4-2-3-5-11/h6-7,14H,2-5H2,1H3. The lowest BCUT2D eigenvalue weighted by Gasteiger charge is -2.19. The predicted molar refractivity (Wildman–Crippen MR) is 60.2 cm³/mol. The van der Waals surface area contributed by atoms with Crippen LogP contribution in [0.2, 0.25) is 0 Å². The SMILES string of the molecule is Cc1cn2cc(C3(O)CCCC3)sc2n1. The summed E-state index contributed by atoms with van der Waals surface area (Å²) in [7, 11) is 0. The van der Waals surface area contributed by atoms with Crippen LogP contribution in [-0.2, 0) is 5.60 Å². The van der Waals surface area contributed by atoms with Crippen molar-refractivity contribution >= 4 is 16.3 Å². The number of aryl methyl sites for hydroxylation is 1. The Hall–Kier alpha value is -0.870. The molecule has 2 heterocycles. The van der Waals surface area contributed by atoms with Crippen LogP contribution in [0, 0.1) is 6.92 Å². The lowest BCUT2D eigenvalue weighted by molar-refractivity contribution is 0.0480. The molecule has 1 aliphatic rings. The van der Waals surface area contributed by atoms with E-state index in [2.05, 4.69) is 4.98 Å². The van der Waals surface area contributed by atoms with Crippen molar-refractivity contribution in [1.82, 2.24) is 9.38 Å². The van der Waals surface area contributed by atoms with Gasteiger partial charge in [-0.25, -0.2) is 4.98 Å². The van der Waals surface area contributed by atoms with E-state index in [0.29, 0.717) is 0 Å². The molecule has 3 rings (SSSR count). The fourth-order valence-electron chi connectivity index (χ4n) is 2.33. The molecule has 0 unspecified atom stereocenters.